The van der Waals surface area contributed by atoms with Crippen LogP contribution in [-0.4, -0.2) is 82.1 Å². The molecule has 5 bridgehead atoms. The van der Waals surface area contributed by atoms with Crippen LogP contribution in [0, 0.1) is 17.8 Å². The van der Waals surface area contributed by atoms with Gasteiger partial charge in [0.15, 0.2) is 0 Å². The Morgan fingerprint density at radius 2 is 1.70 bits per heavy atom. The van der Waals surface area contributed by atoms with E-state index in [-0.39, 0.29) is 50.4 Å². The number of cyclic esters (lactones) is 1. The number of nitrogens with zero attached hydrogens (tertiary/aromatic N) is 2. The highest BCUT2D eigenvalue weighted by molar-refractivity contribution is 5.99. The first-order valence-electron chi connectivity index (χ1n) is 16.5. The standard InChI is InChI=1S/C37H43N3O7/c1-24(2)20-27(23-41)40-33-35(44)39(22-25-12-6-3-7-13-25)19-11-5-10-16-30(42)38-21-29(26-14-8-4-9-15-26)46-36(45)31-28-17-18-37(33,47-28)32(31)34(40)43/h3-9,11-15,17-18,24,27-29,31-33,41H,10,16,19-23H2,1-2H3,(H,38,42)/b11-5-/t27-,28-,29-,31+,32+,33-,37+/m1/s1. The molecular formula is C37H43N3O7. The average molecular weight is 642 g/mol. The van der Waals surface area contributed by atoms with E-state index in [9.17, 15) is 24.3 Å². The van der Waals surface area contributed by atoms with Crippen LogP contribution >= 0.6 is 0 Å². The van der Waals surface area contributed by atoms with Gasteiger partial charge < -0.3 is 29.7 Å². The van der Waals surface area contributed by atoms with Gasteiger partial charge in [-0.25, -0.2) is 0 Å². The lowest BCUT2D eigenvalue weighted by Crippen LogP contribution is -2.58. The number of rotatable bonds is 7. The van der Waals surface area contributed by atoms with Crippen LogP contribution in [0.1, 0.15) is 50.3 Å². The highest BCUT2D eigenvalue weighted by atomic mass is 16.6. The molecule has 1 spiro atoms. The molecule has 6 rings (SSSR count). The van der Waals surface area contributed by atoms with Crippen molar-refractivity contribution in [1.82, 2.24) is 15.1 Å². The van der Waals surface area contributed by atoms with Crippen LogP contribution in [0.15, 0.2) is 85.0 Å². The van der Waals surface area contributed by atoms with Crippen molar-refractivity contribution in [2.45, 2.75) is 69.5 Å². The SMILES string of the molecule is CC(C)C[C@H](CO)N1C(=O)[C@@H]2[C@H]3C(=O)O[C@@H](c4ccccc4)CNC(=O)CC/C=C\CN(Cc4ccccc4)C(=O)[C@@H]1[C@]21C=C[C@H]3O1. The van der Waals surface area contributed by atoms with Crippen molar-refractivity contribution in [3.8, 4) is 0 Å². The lowest BCUT2D eigenvalue weighted by molar-refractivity contribution is -0.160. The Bertz CT molecular complexity index is 1530. The molecule has 0 aromatic heterocycles. The molecule has 0 saturated carbocycles. The molecule has 0 aliphatic carbocycles. The van der Waals surface area contributed by atoms with Crippen LogP contribution in [0.2, 0.25) is 0 Å². The van der Waals surface area contributed by atoms with Gasteiger partial charge in [-0.15, -0.1) is 0 Å². The zero-order valence-corrected chi connectivity index (χ0v) is 26.9. The molecule has 4 aliphatic heterocycles. The molecule has 7 atom stereocenters. The summed E-state index contributed by atoms with van der Waals surface area (Å²) in [4.78, 5) is 59.6. The van der Waals surface area contributed by atoms with Crippen molar-refractivity contribution in [2.24, 2.45) is 17.8 Å². The van der Waals surface area contributed by atoms with Crippen molar-refractivity contribution in [3.05, 3.63) is 96.1 Å². The van der Waals surface area contributed by atoms with Crippen LogP contribution in [0.25, 0.3) is 0 Å². The van der Waals surface area contributed by atoms with Gasteiger partial charge in [0.2, 0.25) is 17.7 Å². The lowest BCUT2D eigenvalue weighted by Gasteiger charge is -2.39. The summed E-state index contributed by atoms with van der Waals surface area (Å²) in [6.45, 7) is 4.23. The number of nitrogens with one attached hydrogen (secondary N) is 1. The van der Waals surface area contributed by atoms with Crippen molar-refractivity contribution in [2.75, 3.05) is 19.7 Å². The van der Waals surface area contributed by atoms with Gasteiger partial charge >= 0.3 is 5.97 Å². The van der Waals surface area contributed by atoms with E-state index in [1.54, 1.807) is 17.1 Å². The van der Waals surface area contributed by atoms with Gasteiger partial charge in [-0.2, -0.15) is 0 Å². The summed E-state index contributed by atoms with van der Waals surface area (Å²) < 4.78 is 12.7. The third-order valence-corrected chi connectivity index (χ3v) is 9.64. The number of aliphatic hydroxyl groups excluding tert-OH is 1. The maximum absolute atomic E-state index is 14.9. The number of allylic oxidation sites excluding steroid dienone is 1. The molecule has 2 N–H and O–H groups in total. The quantitative estimate of drug-likeness (QED) is 0.351. The van der Waals surface area contributed by atoms with Crippen molar-refractivity contribution >= 4 is 23.7 Å². The second-order valence-corrected chi connectivity index (χ2v) is 13.3. The second kappa shape index (κ2) is 13.8. The van der Waals surface area contributed by atoms with E-state index < -0.39 is 53.6 Å². The van der Waals surface area contributed by atoms with Gasteiger partial charge in [-0.1, -0.05) is 98.8 Å². The van der Waals surface area contributed by atoms with Crippen LogP contribution in [0.3, 0.4) is 0 Å². The molecule has 4 aliphatic rings. The molecule has 2 aromatic carbocycles. The number of hydrogen-bond donors (Lipinski definition) is 2. The van der Waals surface area contributed by atoms with Crippen molar-refractivity contribution in [3.63, 3.8) is 0 Å². The van der Waals surface area contributed by atoms with Gasteiger partial charge in [-0.05, 0) is 29.9 Å². The predicted octanol–water partition coefficient (Wildman–Crippen LogP) is 3.32. The summed E-state index contributed by atoms with van der Waals surface area (Å²) in [7, 11) is 0. The molecule has 4 heterocycles. The van der Waals surface area contributed by atoms with E-state index in [1.807, 2.05) is 86.7 Å². The minimum atomic E-state index is -1.41. The smallest absolute Gasteiger partial charge is 0.313 e. The number of benzene rings is 2. The van der Waals surface area contributed by atoms with Gasteiger partial charge in [0.1, 0.15) is 23.7 Å². The van der Waals surface area contributed by atoms with Crippen LogP contribution < -0.4 is 5.32 Å². The first kappa shape index (κ1) is 32.7. The Kier molecular flexibility index (Phi) is 9.61. The number of carbonyl (C=O) groups is 4. The van der Waals surface area contributed by atoms with E-state index in [2.05, 4.69) is 5.32 Å². The lowest BCUT2D eigenvalue weighted by atomic mass is 9.74. The number of ether oxygens (including phenoxy) is 2. The number of fused-ring (bicyclic) bond motifs is 2. The first-order valence-corrected chi connectivity index (χ1v) is 16.5. The fourth-order valence-electron chi connectivity index (χ4n) is 7.52. The third kappa shape index (κ3) is 6.36. The summed E-state index contributed by atoms with van der Waals surface area (Å²) in [5, 5.41) is 13.5. The van der Waals surface area contributed by atoms with Gasteiger partial charge in [0, 0.05) is 19.5 Å². The van der Waals surface area contributed by atoms with E-state index in [0.29, 0.717) is 18.4 Å². The normalized spacial score (nSPS) is 30.8. The monoisotopic (exact) mass is 641 g/mol. The summed E-state index contributed by atoms with van der Waals surface area (Å²) in [6, 6.07) is 17.0. The minimum absolute atomic E-state index is 0.0647. The Morgan fingerprint density at radius 1 is 0.979 bits per heavy atom. The number of esters is 1. The highest BCUT2D eigenvalue weighted by Crippen LogP contribution is 2.56. The van der Waals surface area contributed by atoms with Crippen LogP contribution in [0.4, 0.5) is 0 Å². The summed E-state index contributed by atoms with van der Waals surface area (Å²) in [6.07, 6.45) is 6.85. The Morgan fingerprint density at radius 3 is 2.40 bits per heavy atom. The molecular weight excluding hydrogens is 598 g/mol. The molecule has 2 fully saturated rings. The molecule has 3 amide bonds. The molecule has 0 radical (unpaired) electrons. The Balaban J connectivity index is 1.43. The Hall–Kier alpha value is -4.28. The summed E-state index contributed by atoms with van der Waals surface area (Å²) >= 11 is 0. The molecule has 248 valence electrons. The number of carbonyl (C=O) groups excluding carboxylic acids is 4. The molecule has 10 nitrogen and oxygen atoms in total. The second-order valence-electron chi connectivity index (χ2n) is 13.3. The van der Waals surface area contributed by atoms with Gasteiger partial charge in [0.25, 0.3) is 0 Å². The average Bonchev–Trinajstić information content (AvgIpc) is 3.72. The van der Waals surface area contributed by atoms with Gasteiger partial charge in [0.05, 0.1) is 31.2 Å². The highest BCUT2D eigenvalue weighted by Gasteiger charge is 2.74. The zero-order chi connectivity index (χ0) is 33.1. The minimum Gasteiger partial charge on any atom is -0.455 e. The maximum atomic E-state index is 14.9. The molecule has 2 saturated heterocycles. The third-order valence-electron chi connectivity index (χ3n) is 9.64. The zero-order valence-electron chi connectivity index (χ0n) is 26.9. The molecule has 10 heteroatoms. The summed E-state index contributed by atoms with van der Waals surface area (Å²) in [5.41, 5.74) is 0.205. The van der Waals surface area contributed by atoms with Crippen molar-refractivity contribution in [1.29, 1.82) is 0 Å². The fourth-order valence-corrected chi connectivity index (χ4v) is 7.52. The number of aliphatic hydroxyl groups is 1. The van der Waals surface area contributed by atoms with E-state index in [0.717, 1.165) is 5.56 Å². The van der Waals surface area contributed by atoms with Crippen molar-refractivity contribution < 1.29 is 33.8 Å². The molecule has 47 heavy (non-hydrogen) atoms. The number of likely N-dealkylation sites (tertiary alicyclic amines) is 1. The first-order chi connectivity index (χ1) is 22.7. The largest absolute Gasteiger partial charge is 0.455 e. The maximum Gasteiger partial charge on any atom is 0.313 e. The van der Waals surface area contributed by atoms with Crippen LogP contribution in [-0.2, 0) is 35.2 Å². The molecule has 0 unspecified atom stereocenters. The summed E-state index contributed by atoms with van der Waals surface area (Å²) in [5.74, 6) is -3.46. The van der Waals surface area contributed by atoms with E-state index in [1.165, 1.54) is 4.90 Å². The Labute approximate surface area is 275 Å². The van der Waals surface area contributed by atoms with E-state index in [4.69, 9.17) is 9.47 Å². The molecule has 2 aromatic rings. The number of amides is 3. The van der Waals surface area contributed by atoms with E-state index >= 15 is 0 Å². The topological polar surface area (TPSA) is 125 Å². The predicted molar refractivity (Wildman–Crippen MR) is 173 cm³/mol. The fraction of sp³-hybridized carbons (Fsp3) is 0.459. The van der Waals surface area contributed by atoms with Crippen LogP contribution in [0.5, 0.6) is 0 Å². The number of hydrogen-bond acceptors (Lipinski definition) is 7. The van der Waals surface area contributed by atoms with Gasteiger partial charge in [-0.3, -0.25) is 19.2 Å².